The molecule has 0 aliphatic carbocycles. The van der Waals surface area contributed by atoms with Gasteiger partial charge in [-0.2, -0.15) is 0 Å². The van der Waals surface area contributed by atoms with Gasteiger partial charge in [0.15, 0.2) is 0 Å². The summed E-state index contributed by atoms with van der Waals surface area (Å²) in [6.07, 6.45) is 7.94. The number of rotatable bonds is 6. The Morgan fingerprint density at radius 3 is 2.79 bits per heavy atom. The largest absolute Gasteiger partial charge is 0.351 e. The summed E-state index contributed by atoms with van der Waals surface area (Å²) in [4.78, 5) is 18.4. The van der Waals surface area contributed by atoms with Crippen LogP contribution in [0, 0.1) is 5.92 Å². The van der Waals surface area contributed by atoms with Gasteiger partial charge in [-0.05, 0) is 43.5 Å². The lowest BCUT2D eigenvalue weighted by molar-refractivity contribution is -0.122. The van der Waals surface area contributed by atoms with Gasteiger partial charge in [0.25, 0.3) is 0 Å². The fourth-order valence-corrected chi connectivity index (χ4v) is 3.32. The van der Waals surface area contributed by atoms with Crippen molar-refractivity contribution in [2.45, 2.75) is 25.9 Å². The van der Waals surface area contributed by atoms with Crippen molar-refractivity contribution in [3.63, 3.8) is 0 Å². The van der Waals surface area contributed by atoms with Crippen LogP contribution < -0.4 is 5.32 Å². The van der Waals surface area contributed by atoms with E-state index in [1.807, 2.05) is 43.0 Å². The normalized spacial score (nSPS) is 16.2. The van der Waals surface area contributed by atoms with E-state index in [4.69, 9.17) is 11.6 Å². The van der Waals surface area contributed by atoms with Crippen molar-refractivity contribution in [3.05, 3.63) is 53.6 Å². The highest BCUT2D eigenvalue weighted by Crippen LogP contribution is 2.19. The highest BCUT2D eigenvalue weighted by molar-refractivity contribution is 6.31. The average molecular weight is 347 g/mol. The van der Waals surface area contributed by atoms with E-state index in [1.165, 1.54) is 0 Å². The Kier molecular flexibility index (Phi) is 5.88. The second kappa shape index (κ2) is 8.31. The summed E-state index contributed by atoms with van der Waals surface area (Å²) < 4.78 is 2.14. The van der Waals surface area contributed by atoms with Crippen LogP contribution >= 0.6 is 11.6 Å². The number of nitrogens with one attached hydrogen (secondary N) is 1. The molecule has 2 aromatic rings. The Morgan fingerprint density at radius 2 is 2.08 bits per heavy atom. The van der Waals surface area contributed by atoms with Crippen LogP contribution in [0.3, 0.4) is 0 Å². The smallest absolute Gasteiger partial charge is 0.234 e. The molecule has 1 aromatic carbocycles. The minimum Gasteiger partial charge on any atom is -0.351 e. The van der Waals surface area contributed by atoms with Crippen LogP contribution in [0.5, 0.6) is 0 Å². The number of piperidine rings is 1. The molecule has 0 saturated carbocycles. The molecule has 0 bridgehead atoms. The summed E-state index contributed by atoms with van der Waals surface area (Å²) >= 11 is 6.11. The number of imidazole rings is 1. The van der Waals surface area contributed by atoms with E-state index in [0.717, 1.165) is 38.0 Å². The number of aromatic nitrogens is 2. The molecule has 6 heteroatoms. The number of amides is 1. The molecule has 1 saturated heterocycles. The molecule has 0 spiro atoms. The lowest BCUT2D eigenvalue weighted by atomic mass is 9.97. The number of halogens is 1. The maximum absolute atomic E-state index is 12.1. The number of nitrogens with zero attached hydrogens (tertiary/aromatic N) is 3. The molecule has 2 heterocycles. The van der Waals surface area contributed by atoms with E-state index >= 15 is 0 Å². The molecule has 128 valence electrons. The number of carbonyl (C=O) groups excluding carboxylic acids is 1. The van der Waals surface area contributed by atoms with Crippen molar-refractivity contribution in [2.75, 3.05) is 19.6 Å². The summed E-state index contributed by atoms with van der Waals surface area (Å²) in [7, 11) is 0. The number of hydrogen-bond acceptors (Lipinski definition) is 3. The number of hydrogen-bond donors (Lipinski definition) is 1. The van der Waals surface area contributed by atoms with Crippen LogP contribution in [-0.2, 0) is 17.9 Å². The standard InChI is InChI=1S/C18H23ClN4O/c19-17-4-2-1-3-16(17)11-21-18(24)13-22-8-5-15(6-9-22)12-23-10-7-20-14-23/h1-4,7,10,14-15H,5-6,8-9,11-13H2,(H,21,24). The van der Waals surface area contributed by atoms with Gasteiger partial charge < -0.3 is 9.88 Å². The van der Waals surface area contributed by atoms with Gasteiger partial charge in [-0.25, -0.2) is 4.98 Å². The molecule has 1 aliphatic rings. The van der Waals surface area contributed by atoms with Crippen molar-refractivity contribution < 1.29 is 4.79 Å². The summed E-state index contributed by atoms with van der Waals surface area (Å²) in [6, 6.07) is 7.60. The van der Waals surface area contributed by atoms with Crippen LogP contribution in [0.15, 0.2) is 43.0 Å². The minimum absolute atomic E-state index is 0.0583. The molecule has 0 radical (unpaired) electrons. The van der Waals surface area contributed by atoms with Crippen molar-refractivity contribution >= 4 is 17.5 Å². The third-order valence-electron chi connectivity index (χ3n) is 4.54. The van der Waals surface area contributed by atoms with Gasteiger partial charge >= 0.3 is 0 Å². The quantitative estimate of drug-likeness (QED) is 0.874. The van der Waals surface area contributed by atoms with E-state index in [0.29, 0.717) is 24.0 Å². The van der Waals surface area contributed by atoms with Gasteiger partial charge in [-0.1, -0.05) is 29.8 Å². The molecule has 1 fully saturated rings. The minimum atomic E-state index is 0.0583. The first kappa shape index (κ1) is 17.0. The van der Waals surface area contributed by atoms with Crippen LogP contribution in [0.1, 0.15) is 18.4 Å². The summed E-state index contributed by atoms with van der Waals surface area (Å²) in [5.41, 5.74) is 0.951. The van der Waals surface area contributed by atoms with E-state index < -0.39 is 0 Å². The second-order valence-electron chi connectivity index (χ2n) is 6.35. The van der Waals surface area contributed by atoms with Gasteiger partial charge in [-0.15, -0.1) is 0 Å². The van der Waals surface area contributed by atoms with E-state index in [-0.39, 0.29) is 5.91 Å². The van der Waals surface area contributed by atoms with E-state index in [1.54, 1.807) is 0 Å². The number of likely N-dealkylation sites (tertiary alicyclic amines) is 1. The lowest BCUT2D eigenvalue weighted by Gasteiger charge is -2.31. The SMILES string of the molecule is O=C(CN1CCC(Cn2ccnc2)CC1)NCc1ccccc1Cl. The van der Waals surface area contributed by atoms with Gasteiger partial charge in [-0.3, -0.25) is 9.69 Å². The van der Waals surface area contributed by atoms with E-state index in [9.17, 15) is 4.79 Å². The molecule has 1 N–H and O–H groups in total. The van der Waals surface area contributed by atoms with Crippen molar-refractivity contribution in [3.8, 4) is 0 Å². The Balaban J connectivity index is 1.38. The zero-order valence-electron chi connectivity index (χ0n) is 13.7. The van der Waals surface area contributed by atoms with Crippen molar-refractivity contribution in [1.82, 2.24) is 19.8 Å². The molecule has 1 amide bonds. The average Bonchev–Trinajstić information content (AvgIpc) is 3.09. The number of benzene rings is 1. The summed E-state index contributed by atoms with van der Waals surface area (Å²) in [5.74, 6) is 0.726. The molecule has 1 aromatic heterocycles. The summed E-state index contributed by atoms with van der Waals surface area (Å²) in [5, 5.41) is 3.65. The zero-order chi connectivity index (χ0) is 16.8. The first-order valence-corrected chi connectivity index (χ1v) is 8.76. The van der Waals surface area contributed by atoms with Gasteiger partial charge in [0.2, 0.25) is 5.91 Å². The summed E-state index contributed by atoms with van der Waals surface area (Å²) in [6.45, 7) is 3.90. The third kappa shape index (κ3) is 4.82. The molecule has 24 heavy (non-hydrogen) atoms. The highest BCUT2D eigenvalue weighted by atomic mass is 35.5. The molecule has 5 nitrogen and oxygen atoms in total. The topological polar surface area (TPSA) is 50.2 Å². The predicted octanol–water partition coefficient (Wildman–Crippen LogP) is 2.56. The second-order valence-corrected chi connectivity index (χ2v) is 6.75. The molecule has 1 aliphatic heterocycles. The van der Waals surface area contributed by atoms with Gasteiger partial charge in [0.1, 0.15) is 0 Å². The maximum Gasteiger partial charge on any atom is 0.234 e. The molecular weight excluding hydrogens is 324 g/mol. The van der Waals surface area contributed by atoms with Gasteiger partial charge in [0, 0.05) is 30.5 Å². The molecule has 0 unspecified atom stereocenters. The molecule has 3 rings (SSSR count). The van der Waals surface area contributed by atoms with E-state index in [2.05, 4.69) is 19.8 Å². The fraction of sp³-hybridized carbons (Fsp3) is 0.444. The zero-order valence-corrected chi connectivity index (χ0v) is 14.5. The van der Waals surface area contributed by atoms with Crippen LogP contribution in [0.4, 0.5) is 0 Å². The van der Waals surface area contributed by atoms with Crippen molar-refractivity contribution in [1.29, 1.82) is 0 Å². The maximum atomic E-state index is 12.1. The first-order chi connectivity index (χ1) is 11.7. The van der Waals surface area contributed by atoms with Crippen LogP contribution in [0.2, 0.25) is 5.02 Å². The molecular formula is C18H23ClN4O. The Hall–Kier alpha value is -1.85. The Morgan fingerprint density at radius 1 is 1.29 bits per heavy atom. The van der Waals surface area contributed by atoms with Crippen molar-refractivity contribution in [2.24, 2.45) is 5.92 Å². The van der Waals surface area contributed by atoms with Crippen LogP contribution in [0.25, 0.3) is 0 Å². The lowest BCUT2D eigenvalue weighted by Crippen LogP contribution is -2.41. The fourth-order valence-electron chi connectivity index (χ4n) is 3.11. The Bertz CT molecular complexity index is 651. The predicted molar refractivity (Wildman–Crippen MR) is 94.7 cm³/mol. The highest BCUT2D eigenvalue weighted by Gasteiger charge is 2.21. The van der Waals surface area contributed by atoms with Gasteiger partial charge in [0.05, 0.1) is 12.9 Å². The van der Waals surface area contributed by atoms with Crippen LogP contribution in [-0.4, -0.2) is 40.0 Å². The monoisotopic (exact) mass is 346 g/mol. The molecule has 0 atom stereocenters. The third-order valence-corrected chi connectivity index (χ3v) is 4.91. The first-order valence-electron chi connectivity index (χ1n) is 8.39. The number of carbonyl (C=O) groups is 1. The Labute approximate surface area is 147 Å².